The number of thiazole rings is 1. The molecule has 0 fully saturated rings. The number of nitrogens with zero attached hydrogens (tertiary/aromatic N) is 1. The van der Waals surface area contributed by atoms with E-state index in [1.54, 1.807) is 34.9 Å². The van der Waals surface area contributed by atoms with Crippen LogP contribution in [0.2, 0.25) is 5.02 Å². The topological polar surface area (TPSA) is 68.2 Å². The van der Waals surface area contributed by atoms with Crippen LogP contribution in [-0.4, -0.2) is 20.4 Å². The highest BCUT2D eigenvalue weighted by Crippen LogP contribution is 2.23. The number of hydrogen-bond donors (Lipinski definition) is 1. The van der Waals surface area contributed by atoms with Gasteiger partial charge >= 0.3 is 4.87 Å². The lowest BCUT2D eigenvalue weighted by Crippen LogP contribution is -2.14. The highest BCUT2D eigenvalue weighted by atomic mass is 35.5. The molecule has 4 rings (SSSR count). The van der Waals surface area contributed by atoms with Crippen molar-refractivity contribution in [1.29, 1.82) is 0 Å². The van der Waals surface area contributed by atoms with Gasteiger partial charge in [-0.05, 0) is 53.6 Å². The molecule has 0 radical (unpaired) electrons. The molecule has 1 unspecified atom stereocenters. The van der Waals surface area contributed by atoms with Gasteiger partial charge in [0.1, 0.15) is 0 Å². The van der Waals surface area contributed by atoms with Crippen molar-refractivity contribution in [3.8, 4) is 0 Å². The van der Waals surface area contributed by atoms with Crippen molar-refractivity contribution in [3.05, 3.63) is 92.5 Å². The maximum absolute atomic E-state index is 12.5. The van der Waals surface area contributed by atoms with Crippen LogP contribution < -0.4 is 10.2 Å². The Hall–Kier alpha value is -2.74. The Morgan fingerprint density at radius 3 is 2.41 bits per heavy atom. The van der Waals surface area contributed by atoms with Crippen LogP contribution in [0, 0.1) is 0 Å². The summed E-state index contributed by atoms with van der Waals surface area (Å²) >= 11 is 7.10. The number of fused-ring (bicyclic) bond motifs is 1. The van der Waals surface area contributed by atoms with E-state index in [1.807, 2.05) is 43.3 Å². The van der Waals surface area contributed by atoms with Gasteiger partial charge < -0.3 is 5.32 Å². The average molecular weight is 485 g/mol. The fourth-order valence-corrected chi connectivity index (χ4v) is 5.21. The first kappa shape index (κ1) is 22.5. The molecule has 1 heterocycles. The number of aromatic nitrogens is 1. The predicted molar refractivity (Wildman–Crippen MR) is 132 cm³/mol. The molecule has 0 spiro atoms. The highest BCUT2D eigenvalue weighted by Gasteiger charge is 2.11. The van der Waals surface area contributed by atoms with Gasteiger partial charge in [0.25, 0.3) is 0 Å². The van der Waals surface area contributed by atoms with Crippen LogP contribution in [0.4, 0.5) is 5.69 Å². The van der Waals surface area contributed by atoms with Gasteiger partial charge in [-0.25, -0.2) is 0 Å². The molecule has 0 aliphatic rings. The molecule has 4 aromatic rings. The quantitative estimate of drug-likeness (QED) is 0.398. The largest absolute Gasteiger partial charge is 0.326 e. The first-order valence-corrected chi connectivity index (χ1v) is 12.6. The Balaban J connectivity index is 1.47. The number of amides is 1. The van der Waals surface area contributed by atoms with Crippen molar-refractivity contribution >= 4 is 55.5 Å². The molecular formula is C24H21ClN2O3S2. The molecular weight excluding hydrogens is 464 g/mol. The number of anilines is 1. The summed E-state index contributed by atoms with van der Waals surface area (Å²) in [6.45, 7) is 2.33. The minimum Gasteiger partial charge on any atom is -0.326 e. The standard InChI is InChI=1S/C24H21ClN2O3S2/c1-2-32(30)20-10-5-16(6-11-20)13-23(28)26-19-9-12-21-22(14-19)31-24(29)27(21)15-17-3-7-18(25)8-4-17/h3-12,14H,2,13,15H2,1H3,(H,26,28). The molecule has 0 aliphatic heterocycles. The Kier molecular flexibility index (Phi) is 6.89. The molecule has 1 N–H and O–H groups in total. The fraction of sp³-hybridized carbons (Fsp3) is 0.167. The maximum Gasteiger partial charge on any atom is 0.308 e. The van der Waals surface area contributed by atoms with E-state index in [2.05, 4.69) is 5.32 Å². The molecule has 0 aliphatic carbocycles. The third kappa shape index (κ3) is 5.18. The summed E-state index contributed by atoms with van der Waals surface area (Å²) < 4.78 is 14.4. The molecule has 1 aromatic heterocycles. The summed E-state index contributed by atoms with van der Waals surface area (Å²) in [6.07, 6.45) is 0.213. The fourth-order valence-electron chi connectivity index (χ4n) is 3.38. The van der Waals surface area contributed by atoms with Crippen LogP contribution in [0.1, 0.15) is 18.1 Å². The minimum atomic E-state index is -1.00. The summed E-state index contributed by atoms with van der Waals surface area (Å²) in [4.78, 5) is 25.7. The van der Waals surface area contributed by atoms with Gasteiger partial charge in [0.15, 0.2) is 0 Å². The Bertz CT molecular complexity index is 1340. The third-order valence-electron chi connectivity index (χ3n) is 5.02. The van der Waals surface area contributed by atoms with Crippen molar-refractivity contribution in [2.24, 2.45) is 0 Å². The van der Waals surface area contributed by atoms with Crippen molar-refractivity contribution in [2.75, 3.05) is 11.1 Å². The van der Waals surface area contributed by atoms with E-state index in [9.17, 15) is 13.8 Å². The summed E-state index contributed by atoms with van der Waals surface area (Å²) in [6, 6.07) is 20.2. The van der Waals surface area contributed by atoms with Gasteiger partial charge in [-0.15, -0.1) is 0 Å². The van der Waals surface area contributed by atoms with Gasteiger partial charge in [-0.1, -0.05) is 54.1 Å². The van der Waals surface area contributed by atoms with Crippen molar-refractivity contribution in [2.45, 2.75) is 24.8 Å². The second-order valence-corrected chi connectivity index (χ2v) is 10.4. The van der Waals surface area contributed by atoms with Crippen LogP contribution in [0.3, 0.4) is 0 Å². The Labute approximate surface area is 197 Å². The molecule has 164 valence electrons. The average Bonchev–Trinajstić information content (AvgIpc) is 3.09. The van der Waals surface area contributed by atoms with Gasteiger partial charge in [-0.3, -0.25) is 18.4 Å². The number of rotatable bonds is 7. The van der Waals surface area contributed by atoms with Crippen LogP contribution in [0.15, 0.2) is 76.4 Å². The lowest BCUT2D eigenvalue weighted by Gasteiger charge is -2.08. The summed E-state index contributed by atoms with van der Waals surface area (Å²) in [5, 5.41) is 3.55. The molecule has 32 heavy (non-hydrogen) atoms. The van der Waals surface area contributed by atoms with Gasteiger partial charge in [0.05, 0.1) is 34.0 Å². The Morgan fingerprint density at radius 1 is 1.03 bits per heavy atom. The van der Waals surface area contributed by atoms with Crippen molar-refractivity contribution in [1.82, 2.24) is 4.57 Å². The zero-order chi connectivity index (χ0) is 22.7. The van der Waals surface area contributed by atoms with E-state index in [0.717, 1.165) is 37.6 Å². The number of carbonyl (C=O) groups excluding carboxylic acids is 1. The van der Waals surface area contributed by atoms with Crippen molar-refractivity contribution < 1.29 is 9.00 Å². The zero-order valence-corrected chi connectivity index (χ0v) is 19.7. The lowest BCUT2D eigenvalue weighted by atomic mass is 10.1. The van der Waals surface area contributed by atoms with Crippen LogP contribution in [0.25, 0.3) is 10.2 Å². The van der Waals surface area contributed by atoms with E-state index in [-0.39, 0.29) is 17.2 Å². The number of halogens is 1. The molecule has 1 amide bonds. The normalized spacial score (nSPS) is 12.1. The van der Waals surface area contributed by atoms with E-state index in [0.29, 0.717) is 23.0 Å². The smallest absolute Gasteiger partial charge is 0.308 e. The van der Waals surface area contributed by atoms with Crippen molar-refractivity contribution in [3.63, 3.8) is 0 Å². The molecule has 1 atom stereocenters. The van der Waals surface area contributed by atoms with Crippen LogP contribution in [-0.2, 0) is 28.6 Å². The second kappa shape index (κ2) is 9.81. The minimum absolute atomic E-state index is 0.0528. The summed E-state index contributed by atoms with van der Waals surface area (Å²) in [7, 11) is -1.00. The first-order valence-electron chi connectivity index (χ1n) is 10.1. The molecule has 0 saturated heterocycles. The van der Waals surface area contributed by atoms with Crippen LogP contribution in [0.5, 0.6) is 0 Å². The lowest BCUT2D eigenvalue weighted by molar-refractivity contribution is -0.115. The third-order valence-corrected chi connectivity index (χ3v) is 7.54. The maximum atomic E-state index is 12.5. The van der Waals surface area contributed by atoms with E-state index in [1.165, 1.54) is 0 Å². The SMILES string of the molecule is CCS(=O)c1ccc(CC(=O)Nc2ccc3c(c2)sc(=O)n3Cc2ccc(Cl)cc2)cc1. The molecule has 5 nitrogen and oxygen atoms in total. The first-order chi connectivity index (χ1) is 15.4. The zero-order valence-electron chi connectivity index (χ0n) is 17.3. The number of carbonyl (C=O) groups is 1. The molecule has 0 bridgehead atoms. The second-order valence-electron chi connectivity index (χ2n) is 7.27. The van der Waals surface area contributed by atoms with Gasteiger partial charge in [0, 0.05) is 21.4 Å². The molecule has 8 heteroatoms. The number of benzene rings is 3. The van der Waals surface area contributed by atoms with E-state index < -0.39 is 10.8 Å². The van der Waals surface area contributed by atoms with Gasteiger partial charge in [-0.2, -0.15) is 0 Å². The summed E-state index contributed by atoms with van der Waals surface area (Å²) in [5.41, 5.74) is 3.31. The van der Waals surface area contributed by atoms with Crippen LogP contribution >= 0.6 is 22.9 Å². The summed E-state index contributed by atoms with van der Waals surface area (Å²) in [5.74, 6) is 0.414. The Morgan fingerprint density at radius 2 is 1.72 bits per heavy atom. The van der Waals surface area contributed by atoms with E-state index >= 15 is 0 Å². The monoisotopic (exact) mass is 484 g/mol. The molecule has 3 aromatic carbocycles. The van der Waals surface area contributed by atoms with E-state index in [4.69, 9.17) is 11.6 Å². The highest BCUT2D eigenvalue weighted by molar-refractivity contribution is 7.85. The van der Waals surface area contributed by atoms with Gasteiger partial charge in [0.2, 0.25) is 5.91 Å². The molecule has 0 saturated carbocycles. The number of hydrogen-bond acceptors (Lipinski definition) is 4. The predicted octanol–water partition coefficient (Wildman–Crippen LogP) is 5.07. The number of nitrogens with one attached hydrogen (secondary N) is 1.